The lowest BCUT2D eigenvalue weighted by atomic mass is 9.67. The summed E-state index contributed by atoms with van der Waals surface area (Å²) in [4.78, 5) is 4.42. The fraction of sp³-hybridized carbons (Fsp3) is 0.842. The zero-order chi connectivity index (χ0) is 16.3. The molecule has 2 saturated carbocycles. The molecule has 23 heavy (non-hydrogen) atoms. The molecule has 0 aromatic carbocycles. The average Bonchev–Trinajstić information content (AvgIpc) is 2.98. The van der Waals surface area contributed by atoms with E-state index < -0.39 is 8.07 Å². The second kappa shape index (κ2) is 7.52. The minimum atomic E-state index is -0.995. The van der Waals surface area contributed by atoms with Crippen molar-refractivity contribution in [3.63, 3.8) is 0 Å². The Morgan fingerprint density at radius 2 is 1.91 bits per heavy atom. The molecule has 0 N–H and O–H groups in total. The Bertz CT molecular complexity index is 494. The van der Waals surface area contributed by atoms with Crippen molar-refractivity contribution in [2.24, 2.45) is 11.8 Å². The monoisotopic (exact) mass is 334 g/mol. The van der Waals surface area contributed by atoms with Gasteiger partial charge in [0.2, 0.25) is 0 Å². The Morgan fingerprint density at radius 1 is 1.13 bits per heavy atom. The number of hydrogen-bond acceptors (Lipinski definition) is 2. The van der Waals surface area contributed by atoms with Crippen LogP contribution in [0.1, 0.15) is 56.6 Å². The third-order valence-electron chi connectivity index (χ3n) is 5.93. The third-order valence-corrected chi connectivity index (χ3v) is 7.63. The molecule has 2 aliphatic rings. The summed E-state index contributed by atoms with van der Waals surface area (Å²) >= 11 is 0. The van der Waals surface area contributed by atoms with Crippen LogP contribution in [0, 0.1) is 11.8 Å². The maximum absolute atomic E-state index is 5.95. The topological polar surface area (TPSA) is 27.1 Å². The SMILES string of the molecule is C[Si](C)(C)CCOCn1cncc1C1CCC2CCCCC2C1. The van der Waals surface area contributed by atoms with Gasteiger partial charge in [-0.15, -0.1) is 0 Å². The van der Waals surface area contributed by atoms with Crippen molar-refractivity contribution in [2.75, 3.05) is 6.61 Å². The first-order chi connectivity index (χ1) is 11.0. The second-order valence-electron chi connectivity index (χ2n) is 8.95. The van der Waals surface area contributed by atoms with Gasteiger partial charge in [-0.1, -0.05) is 45.3 Å². The third kappa shape index (κ3) is 4.69. The van der Waals surface area contributed by atoms with E-state index in [2.05, 4.69) is 35.4 Å². The average molecular weight is 335 g/mol. The molecular weight excluding hydrogens is 300 g/mol. The van der Waals surface area contributed by atoms with E-state index in [1.807, 2.05) is 6.33 Å². The highest BCUT2D eigenvalue weighted by Crippen LogP contribution is 2.45. The lowest BCUT2D eigenvalue weighted by molar-refractivity contribution is 0.0816. The lowest BCUT2D eigenvalue weighted by Crippen LogP contribution is -2.28. The van der Waals surface area contributed by atoms with E-state index in [1.165, 1.54) is 56.7 Å². The summed E-state index contributed by atoms with van der Waals surface area (Å²) in [6, 6.07) is 1.24. The molecule has 0 aliphatic heterocycles. The van der Waals surface area contributed by atoms with Gasteiger partial charge in [0.25, 0.3) is 0 Å². The van der Waals surface area contributed by atoms with Crippen LogP contribution in [0.15, 0.2) is 12.5 Å². The van der Waals surface area contributed by atoms with Gasteiger partial charge >= 0.3 is 0 Å². The maximum Gasteiger partial charge on any atom is 0.123 e. The Balaban J connectivity index is 1.53. The van der Waals surface area contributed by atoms with Crippen molar-refractivity contribution >= 4 is 8.07 Å². The number of aromatic nitrogens is 2. The molecule has 1 aromatic rings. The predicted molar refractivity (Wildman–Crippen MR) is 98.4 cm³/mol. The smallest absolute Gasteiger partial charge is 0.123 e. The van der Waals surface area contributed by atoms with Crippen LogP contribution in [0.5, 0.6) is 0 Å². The van der Waals surface area contributed by atoms with Crippen molar-refractivity contribution < 1.29 is 4.74 Å². The van der Waals surface area contributed by atoms with E-state index in [9.17, 15) is 0 Å². The van der Waals surface area contributed by atoms with E-state index >= 15 is 0 Å². The molecule has 0 spiro atoms. The molecule has 3 rings (SSSR count). The van der Waals surface area contributed by atoms with E-state index in [0.717, 1.165) is 18.4 Å². The highest BCUT2D eigenvalue weighted by molar-refractivity contribution is 6.76. The van der Waals surface area contributed by atoms with Gasteiger partial charge in [0, 0.05) is 32.5 Å². The zero-order valence-corrected chi connectivity index (χ0v) is 16.3. The standard InChI is InChI=1S/C19H34N2OSi/c1-23(2,3)11-10-22-15-21-14-20-13-19(21)18-9-8-16-6-4-5-7-17(16)12-18/h13-14,16-18H,4-12,15H2,1-3H3. The molecular formula is C19H34N2OSi. The van der Waals surface area contributed by atoms with Crippen LogP contribution in [-0.2, 0) is 11.5 Å². The van der Waals surface area contributed by atoms with Crippen molar-refractivity contribution in [1.82, 2.24) is 9.55 Å². The maximum atomic E-state index is 5.95. The molecule has 4 heteroatoms. The molecule has 0 saturated heterocycles. The number of ether oxygens (including phenoxy) is 1. The van der Waals surface area contributed by atoms with E-state index in [-0.39, 0.29) is 0 Å². The van der Waals surface area contributed by atoms with E-state index in [1.54, 1.807) is 0 Å². The van der Waals surface area contributed by atoms with Gasteiger partial charge in [0.15, 0.2) is 0 Å². The van der Waals surface area contributed by atoms with Gasteiger partial charge in [0.05, 0.1) is 6.33 Å². The van der Waals surface area contributed by atoms with Crippen LogP contribution in [-0.4, -0.2) is 24.2 Å². The summed E-state index contributed by atoms with van der Waals surface area (Å²) in [5, 5.41) is 0. The first-order valence-corrected chi connectivity index (χ1v) is 13.3. The number of imidazole rings is 1. The van der Waals surface area contributed by atoms with Crippen LogP contribution in [0.4, 0.5) is 0 Å². The molecule has 0 amide bonds. The molecule has 0 radical (unpaired) electrons. The Kier molecular flexibility index (Phi) is 5.63. The van der Waals surface area contributed by atoms with Crippen LogP contribution < -0.4 is 0 Å². The summed E-state index contributed by atoms with van der Waals surface area (Å²) in [5.41, 5.74) is 1.42. The Labute approximate surface area is 142 Å². The lowest BCUT2D eigenvalue weighted by Gasteiger charge is -2.39. The number of nitrogens with zero attached hydrogens (tertiary/aromatic N) is 2. The van der Waals surface area contributed by atoms with Gasteiger partial charge in [-0.2, -0.15) is 0 Å². The van der Waals surface area contributed by atoms with Crippen LogP contribution >= 0.6 is 0 Å². The largest absolute Gasteiger partial charge is 0.361 e. The molecule has 1 aromatic heterocycles. The quantitative estimate of drug-likeness (QED) is 0.523. The van der Waals surface area contributed by atoms with Gasteiger partial charge in [-0.25, -0.2) is 4.98 Å². The molecule has 2 aliphatic carbocycles. The van der Waals surface area contributed by atoms with Gasteiger partial charge < -0.3 is 9.30 Å². The highest BCUT2D eigenvalue weighted by Gasteiger charge is 2.33. The molecule has 3 unspecified atom stereocenters. The summed E-state index contributed by atoms with van der Waals surface area (Å²) in [5.74, 6) is 2.69. The van der Waals surface area contributed by atoms with E-state index in [4.69, 9.17) is 4.74 Å². The molecule has 2 fully saturated rings. The molecule has 3 atom stereocenters. The van der Waals surface area contributed by atoms with Gasteiger partial charge in [-0.3, -0.25) is 0 Å². The van der Waals surface area contributed by atoms with Crippen LogP contribution in [0.2, 0.25) is 25.7 Å². The number of rotatable bonds is 6. The molecule has 1 heterocycles. The number of hydrogen-bond donors (Lipinski definition) is 0. The molecule has 130 valence electrons. The number of fused-ring (bicyclic) bond motifs is 1. The fourth-order valence-corrected chi connectivity index (χ4v) is 5.22. The van der Waals surface area contributed by atoms with Gasteiger partial charge in [0.1, 0.15) is 6.73 Å². The van der Waals surface area contributed by atoms with Crippen LogP contribution in [0.3, 0.4) is 0 Å². The molecule has 3 nitrogen and oxygen atoms in total. The first-order valence-electron chi connectivity index (χ1n) is 9.61. The van der Waals surface area contributed by atoms with Crippen molar-refractivity contribution in [3.8, 4) is 0 Å². The second-order valence-corrected chi connectivity index (χ2v) is 14.6. The van der Waals surface area contributed by atoms with E-state index in [0.29, 0.717) is 12.6 Å². The Morgan fingerprint density at radius 3 is 2.70 bits per heavy atom. The predicted octanol–water partition coefficient (Wildman–Crippen LogP) is 5.27. The highest BCUT2D eigenvalue weighted by atomic mass is 28.3. The minimum Gasteiger partial charge on any atom is -0.361 e. The normalized spacial score (nSPS) is 28.6. The summed E-state index contributed by atoms with van der Waals surface area (Å²) in [7, 11) is -0.995. The van der Waals surface area contributed by atoms with Crippen molar-refractivity contribution in [2.45, 2.75) is 83.3 Å². The minimum absolute atomic E-state index is 0.685. The van der Waals surface area contributed by atoms with Gasteiger partial charge in [-0.05, 0) is 37.1 Å². The van der Waals surface area contributed by atoms with Crippen LogP contribution in [0.25, 0.3) is 0 Å². The zero-order valence-electron chi connectivity index (χ0n) is 15.3. The molecule has 0 bridgehead atoms. The summed E-state index contributed by atoms with van der Waals surface area (Å²) < 4.78 is 8.21. The summed E-state index contributed by atoms with van der Waals surface area (Å²) in [6.45, 7) is 8.79. The van der Waals surface area contributed by atoms with Crippen molar-refractivity contribution in [3.05, 3.63) is 18.2 Å². The summed E-state index contributed by atoms with van der Waals surface area (Å²) in [6.07, 6.45) is 14.1. The first kappa shape index (κ1) is 17.2. The Hall–Kier alpha value is -0.613. The fourth-order valence-electron chi connectivity index (χ4n) is 4.46. The van der Waals surface area contributed by atoms with Crippen molar-refractivity contribution in [1.29, 1.82) is 0 Å².